The van der Waals surface area contributed by atoms with Crippen LogP contribution in [0.15, 0.2) is 10.6 Å². The topological polar surface area (TPSA) is 116 Å². The van der Waals surface area contributed by atoms with Crippen LogP contribution in [0.3, 0.4) is 0 Å². The summed E-state index contributed by atoms with van der Waals surface area (Å²) < 4.78 is 4.70. The highest BCUT2D eigenvalue weighted by Gasteiger charge is 2.10. The average molecular weight is 216 g/mol. The number of nitrogens with zero attached hydrogens (tertiary/aromatic N) is 1. The zero-order valence-electron chi connectivity index (χ0n) is 7.88. The van der Waals surface area contributed by atoms with Crippen LogP contribution in [-0.4, -0.2) is 45.7 Å². The fourth-order valence-electron chi connectivity index (χ4n) is 0.924. The van der Waals surface area contributed by atoms with Gasteiger partial charge in [0.25, 0.3) is 0 Å². The van der Waals surface area contributed by atoms with Crippen LogP contribution in [0.2, 0.25) is 0 Å². The van der Waals surface area contributed by atoms with Gasteiger partial charge in [0.15, 0.2) is 11.5 Å². The van der Waals surface area contributed by atoms with E-state index in [1.807, 2.05) is 0 Å². The van der Waals surface area contributed by atoms with Gasteiger partial charge in [-0.2, -0.15) is 0 Å². The molecule has 0 aliphatic carbocycles. The Kier molecular flexibility index (Phi) is 4.22. The van der Waals surface area contributed by atoms with E-state index in [0.29, 0.717) is 5.76 Å². The molecule has 84 valence electrons. The highest BCUT2D eigenvalue weighted by Crippen LogP contribution is 2.02. The standard InChI is InChI=1S/C8H12N2O5/c11-4-5(12)2-9-3-6-1-7(8(13)14)10-15-6/h1,5,9,11-12H,2-4H2,(H,13,14). The van der Waals surface area contributed by atoms with Gasteiger partial charge in [-0.05, 0) is 0 Å². The van der Waals surface area contributed by atoms with Crippen LogP contribution in [0.5, 0.6) is 0 Å². The Bertz CT molecular complexity index is 325. The van der Waals surface area contributed by atoms with Crippen LogP contribution in [0.1, 0.15) is 16.2 Å². The Morgan fingerprint density at radius 3 is 2.93 bits per heavy atom. The van der Waals surface area contributed by atoms with E-state index in [-0.39, 0.29) is 25.4 Å². The fourth-order valence-corrected chi connectivity index (χ4v) is 0.924. The first-order valence-corrected chi connectivity index (χ1v) is 4.32. The average Bonchev–Trinajstić information content (AvgIpc) is 2.66. The number of rotatable bonds is 6. The smallest absolute Gasteiger partial charge is 0.358 e. The molecule has 0 aliphatic rings. The predicted molar refractivity (Wildman–Crippen MR) is 48.3 cm³/mol. The van der Waals surface area contributed by atoms with Crippen molar-refractivity contribution in [2.24, 2.45) is 0 Å². The van der Waals surface area contributed by atoms with Crippen molar-refractivity contribution < 1.29 is 24.6 Å². The van der Waals surface area contributed by atoms with E-state index in [0.717, 1.165) is 0 Å². The van der Waals surface area contributed by atoms with E-state index in [4.69, 9.17) is 19.8 Å². The molecule has 0 amide bonds. The van der Waals surface area contributed by atoms with E-state index < -0.39 is 12.1 Å². The fraction of sp³-hybridized carbons (Fsp3) is 0.500. The molecule has 4 N–H and O–H groups in total. The number of aliphatic hydroxyl groups is 2. The second-order valence-corrected chi connectivity index (χ2v) is 2.95. The van der Waals surface area contributed by atoms with Gasteiger partial charge in [-0.3, -0.25) is 0 Å². The zero-order chi connectivity index (χ0) is 11.3. The lowest BCUT2D eigenvalue weighted by Gasteiger charge is -2.06. The summed E-state index contributed by atoms with van der Waals surface area (Å²) in [6.07, 6.45) is -0.841. The van der Waals surface area contributed by atoms with Crippen LogP contribution in [0, 0.1) is 0 Å². The van der Waals surface area contributed by atoms with Crippen LogP contribution in [0.4, 0.5) is 0 Å². The number of carbonyl (C=O) groups is 1. The maximum atomic E-state index is 10.4. The Morgan fingerprint density at radius 1 is 1.67 bits per heavy atom. The van der Waals surface area contributed by atoms with Crippen molar-refractivity contribution in [2.75, 3.05) is 13.2 Å². The lowest BCUT2D eigenvalue weighted by atomic mass is 10.3. The third-order valence-electron chi connectivity index (χ3n) is 1.67. The molecule has 1 aromatic rings. The van der Waals surface area contributed by atoms with Gasteiger partial charge in [-0.15, -0.1) is 0 Å². The van der Waals surface area contributed by atoms with Crippen molar-refractivity contribution in [1.29, 1.82) is 0 Å². The molecule has 0 fully saturated rings. The number of aromatic carboxylic acids is 1. The van der Waals surface area contributed by atoms with Gasteiger partial charge in [0, 0.05) is 12.6 Å². The van der Waals surface area contributed by atoms with E-state index >= 15 is 0 Å². The Balaban J connectivity index is 2.35. The number of carboxylic acids is 1. The van der Waals surface area contributed by atoms with Gasteiger partial charge >= 0.3 is 5.97 Å². The number of aliphatic hydroxyl groups excluding tert-OH is 2. The molecule has 1 unspecified atom stereocenters. The van der Waals surface area contributed by atoms with E-state index in [2.05, 4.69) is 10.5 Å². The molecule has 0 saturated heterocycles. The van der Waals surface area contributed by atoms with Crippen molar-refractivity contribution in [3.8, 4) is 0 Å². The monoisotopic (exact) mass is 216 g/mol. The first-order valence-electron chi connectivity index (χ1n) is 4.32. The molecule has 0 saturated carbocycles. The minimum absolute atomic E-state index is 0.158. The van der Waals surface area contributed by atoms with Gasteiger partial charge in [0.2, 0.25) is 0 Å². The quantitative estimate of drug-likeness (QED) is 0.472. The molecule has 15 heavy (non-hydrogen) atoms. The number of aromatic nitrogens is 1. The maximum absolute atomic E-state index is 10.4. The van der Waals surface area contributed by atoms with Crippen molar-refractivity contribution in [1.82, 2.24) is 10.5 Å². The second kappa shape index (κ2) is 5.44. The number of nitrogens with one attached hydrogen (secondary N) is 1. The van der Waals surface area contributed by atoms with Crippen LogP contribution in [0.25, 0.3) is 0 Å². The first kappa shape index (κ1) is 11.6. The summed E-state index contributed by atoms with van der Waals surface area (Å²) in [5, 5.41) is 32.1. The van der Waals surface area contributed by atoms with Crippen molar-refractivity contribution in [2.45, 2.75) is 12.6 Å². The van der Waals surface area contributed by atoms with Crippen LogP contribution < -0.4 is 5.32 Å². The third kappa shape index (κ3) is 3.66. The van der Waals surface area contributed by atoms with Gasteiger partial charge in [0.1, 0.15) is 0 Å². The van der Waals surface area contributed by atoms with Crippen molar-refractivity contribution >= 4 is 5.97 Å². The first-order chi connectivity index (χ1) is 7.13. The van der Waals surface area contributed by atoms with Gasteiger partial charge in [-0.25, -0.2) is 4.79 Å². The number of hydrogen-bond acceptors (Lipinski definition) is 6. The lowest BCUT2D eigenvalue weighted by molar-refractivity contribution is 0.0685. The third-order valence-corrected chi connectivity index (χ3v) is 1.67. The Hall–Kier alpha value is -1.44. The summed E-state index contributed by atoms with van der Waals surface area (Å²) in [5.41, 5.74) is -0.158. The molecule has 0 aliphatic heterocycles. The van der Waals surface area contributed by atoms with Crippen LogP contribution >= 0.6 is 0 Å². The molecule has 0 bridgehead atoms. The summed E-state index contributed by atoms with van der Waals surface area (Å²) in [5.74, 6) is -0.794. The van der Waals surface area contributed by atoms with Gasteiger partial charge < -0.3 is 25.2 Å². The van der Waals surface area contributed by atoms with E-state index in [1.54, 1.807) is 0 Å². The molecule has 1 heterocycles. The molecule has 7 nitrogen and oxygen atoms in total. The van der Waals surface area contributed by atoms with Crippen molar-refractivity contribution in [3.05, 3.63) is 17.5 Å². The molecular formula is C8H12N2O5. The Labute approximate surface area is 85.3 Å². The predicted octanol–water partition coefficient (Wildman–Crippen LogP) is -1.18. The Morgan fingerprint density at radius 2 is 2.40 bits per heavy atom. The summed E-state index contributed by atoms with van der Waals surface area (Å²) >= 11 is 0. The maximum Gasteiger partial charge on any atom is 0.358 e. The number of carboxylic acid groups (broad SMARTS) is 1. The second-order valence-electron chi connectivity index (χ2n) is 2.95. The normalized spacial score (nSPS) is 12.7. The lowest BCUT2D eigenvalue weighted by Crippen LogP contribution is -2.28. The molecule has 1 atom stereocenters. The minimum Gasteiger partial charge on any atom is -0.476 e. The van der Waals surface area contributed by atoms with Crippen molar-refractivity contribution in [3.63, 3.8) is 0 Å². The van der Waals surface area contributed by atoms with E-state index in [9.17, 15) is 4.79 Å². The summed E-state index contributed by atoms with van der Waals surface area (Å²) in [6, 6.07) is 1.29. The number of hydrogen-bond donors (Lipinski definition) is 4. The molecule has 0 radical (unpaired) electrons. The molecule has 0 aromatic carbocycles. The van der Waals surface area contributed by atoms with Gasteiger partial charge in [-0.1, -0.05) is 5.16 Å². The largest absolute Gasteiger partial charge is 0.476 e. The highest BCUT2D eigenvalue weighted by atomic mass is 16.5. The molecule has 1 aromatic heterocycles. The summed E-state index contributed by atoms with van der Waals surface area (Å²) in [6.45, 7) is 0.112. The summed E-state index contributed by atoms with van der Waals surface area (Å²) in [4.78, 5) is 10.4. The van der Waals surface area contributed by atoms with E-state index in [1.165, 1.54) is 6.07 Å². The molecule has 0 spiro atoms. The van der Waals surface area contributed by atoms with Crippen LogP contribution in [-0.2, 0) is 6.54 Å². The molecule has 1 rings (SSSR count). The minimum atomic E-state index is -1.15. The molecular weight excluding hydrogens is 204 g/mol. The SMILES string of the molecule is O=C(O)c1cc(CNCC(O)CO)on1. The molecule has 7 heteroatoms. The summed E-state index contributed by atoms with van der Waals surface area (Å²) in [7, 11) is 0. The highest BCUT2D eigenvalue weighted by molar-refractivity contribution is 5.85. The van der Waals surface area contributed by atoms with Gasteiger partial charge in [0.05, 0.1) is 19.3 Å². The zero-order valence-corrected chi connectivity index (χ0v) is 7.88.